The minimum absolute atomic E-state index is 0.349. The average Bonchev–Trinajstić information content (AvgIpc) is 2.63. The summed E-state index contributed by atoms with van der Waals surface area (Å²) in [7, 11) is 3.19. The highest BCUT2D eigenvalue weighted by Crippen LogP contribution is 2.15. The van der Waals surface area contributed by atoms with Crippen LogP contribution in [0.5, 0.6) is 5.75 Å². The Morgan fingerprint density at radius 2 is 1.50 bits per heavy atom. The van der Waals surface area contributed by atoms with Crippen LogP contribution in [0.3, 0.4) is 0 Å². The van der Waals surface area contributed by atoms with Crippen molar-refractivity contribution in [3.05, 3.63) is 59.9 Å². The van der Waals surface area contributed by atoms with Crippen molar-refractivity contribution in [1.29, 1.82) is 0 Å². The van der Waals surface area contributed by atoms with E-state index in [-0.39, 0.29) is 6.29 Å². The van der Waals surface area contributed by atoms with Crippen molar-refractivity contribution in [3.8, 4) is 5.75 Å². The predicted molar refractivity (Wildman–Crippen MR) is 95.6 cm³/mol. The van der Waals surface area contributed by atoms with E-state index >= 15 is 0 Å². The average molecular weight is 328 g/mol. The Hall–Kier alpha value is -2.17. The van der Waals surface area contributed by atoms with Crippen LogP contribution in [0, 0.1) is 0 Å². The Labute approximate surface area is 144 Å². The van der Waals surface area contributed by atoms with Crippen LogP contribution in [0.25, 0.3) is 12.2 Å². The minimum atomic E-state index is -0.349. The predicted octanol–water partition coefficient (Wildman–Crippen LogP) is 3.55. The van der Waals surface area contributed by atoms with Gasteiger partial charge in [0.25, 0.3) is 0 Å². The molecule has 128 valence electrons. The molecule has 4 heteroatoms. The highest BCUT2D eigenvalue weighted by molar-refractivity contribution is 5.69. The number of methoxy groups -OCH3 is 2. The molecule has 0 aliphatic heterocycles. The number of ether oxygens (including phenoxy) is 3. The second kappa shape index (κ2) is 9.85. The van der Waals surface area contributed by atoms with E-state index in [4.69, 9.17) is 14.2 Å². The first kappa shape index (κ1) is 18.2. The quantitative estimate of drug-likeness (QED) is 0.521. The molecule has 1 aromatic carbocycles. The smallest absolute Gasteiger partial charge is 0.191 e. The number of rotatable bonds is 9. The highest BCUT2D eigenvalue weighted by atomic mass is 16.7. The second-order valence-electron chi connectivity index (χ2n) is 5.48. The first-order chi connectivity index (χ1) is 11.7. The lowest BCUT2D eigenvalue weighted by atomic mass is 10.1. The molecule has 0 saturated heterocycles. The van der Waals surface area contributed by atoms with Crippen molar-refractivity contribution < 1.29 is 18.8 Å². The van der Waals surface area contributed by atoms with Gasteiger partial charge < -0.3 is 14.2 Å². The Morgan fingerprint density at radius 3 is 2.04 bits per heavy atom. The van der Waals surface area contributed by atoms with Gasteiger partial charge in [-0.05, 0) is 23.3 Å². The second-order valence-corrected chi connectivity index (χ2v) is 5.48. The maximum Gasteiger partial charge on any atom is 0.191 e. The molecule has 1 aromatic heterocycles. The third-order valence-corrected chi connectivity index (χ3v) is 3.66. The zero-order valence-electron chi connectivity index (χ0n) is 14.6. The zero-order valence-corrected chi connectivity index (χ0v) is 14.6. The number of aryl methyl sites for hydroxylation is 1. The summed E-state index contributed by atoms with van der Waals surface area (Å²) in [4.78, 5) is 0. The molecule has 0 N–H and O–H groups in total. The number of nitrogens with zero attached hydrogens (tertiary/aromatic N) is 1. The molecule has 0 unspecified atom stereocenters. The molecule has 0 spiro atoms. The van der Waals surface area contributed by atoms with Crippen molar-refractivity contribution in [1.82, 2.24) is 0 Å². The van der Waals surface area contributed by atoms with Crippen molar-refractivity contribution in [2.75, 3.05) is 20.8 Å². The zero-order chi connectivity index (χ0) is 17.2. The largest absolute Gasteiger partial charge is 0.488 e. The van der Waals surface area contributed by atoms with Gasteiger partial charge in [-0.2, -0.15) is 0 Å². The van der Waals surface area contributed by atoms with Crippen molar-refractivity contribution in [3.63, 3.8) is 0 Å². The summed E-state index contributed by atoms with van der Waals surface area (Å²) in [5, 5.41) is 0. The number of pyridine rings is 1. The Morgan fingerprint density at radius 1 is 0.917 bits per heavy atom. The van der Waals surface area contributed by atoms with Gasteiger partial charge in [-0.25, -0.2) is 4.57 Å². The number of hydrogen-bond acceptors (Lipinski definition) is 3. The fourth-order valence-corrected chi connectivity index (χ4v) is 2.25. The van der Waals surface area contributed by atoms with Gasteiger partial charge in [0.2, 0.25) is 0 Å². The molecule has 0 fully saturated rings. The van der Waals surface area contributed by atoms with Gasteiger partial charge in [-0.15, -0.1) is 0 Å². The van der Waals surface area contributed by atoms with E-state index in [2.05, 4.69) is 48.2 Å². The number of benzene rings is 1. The van der Waals surface area contributed by atoms with Crippen molar-refractivity contribution in [2.24, 2.45) is 0 Å². The summed E-state index contributed by atoms with van der Waals surface area (Å²) in [6, 6.07) is 12.2. The Bertz CT molecular complexity index is 616. The van der Waals surface area contributed by atoms with E-state index in [0.29, 0.717) is 6.61 Å². The molecular weight excluding hydrogens is 302 g/mol. The molecule has 1 heterocycles. The van der Waals surface area contributed by atoms with Crippen LogP contribution in [0.1, 0.15) is 24.5 Å². The van der Waals surface area contributed by atoms with Gasteiger partial charge in [0.1, 0.15) is 18.9 Å². The monoisotopic (exact) mass is 328 g/mol. The van der Waals surface area contributed by atoms with Crippen LogP contribution in [0.2, 0.25) is 0 Å². The molecule has 0 radical (unpaired) electrons. The van der Waals surface area contributed by atoms with Crippen LogP contribution >= 0.6 is 0 Å². The fourth-order valence-electron chi connectivity index (χ4n) is 2.25. The molecule has 0 aliphatic rings. The lowest BCUT2D eigenvalue weighted by Crippen LogP contribution is -2.31. The Balaban J connectivity index is 1.90. The molecule has 4 nitrogen and oxygen atoms in total. The molecule has 2 rings (SSSR count). The summed E-state index contributed by atoms with van der Waals surface area (Å²) < 4.78 is 18.0. The standard InChI is InChI=1S/C20H26NO3/c1-4-13-21-14-11-18(12-15-21)6-5-17-7-9-19(10-8-17)24-16-20(22-2)23-3/h5-12,14-15,20H,4,13,16H2,1-3H3/q+1. The van der Waals surface area contributed by atoms with E-state index in [0.717, 1.165) is 24.3 Å². The lowest BCUT2D eigenvalue weighted by Gasteiger charge is -2.14. The van der Waals surface area contributed by atoms with E-state index in [9.17, 15) is 0 Å². The molecule has 24 heavy (non-hydrogen) atoms. The highest BCUT2D eigenvalue weighted by Gasteiger charge is 2.05. The number of aromatic nitrogens is 1. The van der Waals surface area contributed by atoms with Crippen LogP contribution in [0.15, 0.2) is 48.8 Å². The molecule has 0 saturated carbocycles. The molecule has 0 bridgehead atoms. The van der Waals surface area contributed by atoms with Gasteiger partial charge in [0.05, 0.1) is 0 Å². The molecule has 2 aromatic rings. The van der Waals surface area contributed by atoms with Gasteiger partial charge in [0.15, 0.2) is 18.7 Å². The summed E-state index contributed by atoms with van der Waals surface area (Å²) in [6.07, 6.45) is 9.22. The summed E-state index contributed by atoms with van der Waals surface area (Å²) in [5.41, 5.74) is 2.31. The van der Waals surface area contributed by atoms with E-state index in [1.807, 2.05) is 24.3 Å². The summed E-state index contributed by atoms with van der Waals surface area (Å²) in [6.45, 7) is 3.60. The minimum Gasteiger partial charge on any atom is -0.488 e. The van der Waals surface area contributed by atoms with Gasteiger partial charge in [-0.3, -0.25) is 0 Å². The van der Waals surface area contributed by atoms with Gasteiger partial charge >= 0.3 is 0 Å². The van der Waals surface area contributed by atoms with E-state index < -0.39 is 0 Å². The fraction of sp³-hybridized carbons (Fsp3) is 0.350. The first-order valence-corrected chi connectivity index (χ1v) is 8.20. The molecular formula is C20H26NO3+. The topological polar surface area (TPSA) is 31.6 Å². The van der Waals surface area contributed by atoms with Gasteiger partial charge in [-0.1, -0.05) is 31.2 Å². The van der Waals surface area contributed by atoms with Crippen LogP contribution in [-0.4, -0.2) is 27.1 Å². The summed E-state index contributed by atoms with van der Waals surface area (Å²) >= 11 is 0. The third-order valence-electron chi connectivity index (χ3n) is 3.66. The van der Waals surface area contributed by atoms with Crippen LogP contribution in [0.4, 0.5) is 0 Å². The molecule has 0 atom stereocenters. The maximum atomic E-state index is 5.63. The normalized spacial score (nSPS) is 11.3. The van der Waals surface area contributed by atoms with Gasteiger partial charge in [0, 0.05) is 32.8 Å². The van der Waals surface area contributed by atoms with Crippen LogP contribution in [-0.2, 0) is 16.0 Å². The first-order valence-electron chi connectivity index (χ1n) is 8.20. The van der Waals surface area contributed by atoms with Crippen LogP contribution < -0.4 is 9.30 Å². The SMILES string of the molecule is CCC[n+]1ccc(C=Cc2ccc(OCC(OC)OC)cc2)cc1. The summed E-state index contributed by atoms with van der Waals surface area (Å²) in [5.74, 6) is 0.798. The van der Waals surface area contributed by atoms with E-state index in [1.54, 1.807) is 14.2 Å². The lowest BCUT2D eigenvalue weighted by molar-refractivity contribution is -0.697. The van der Waals surface area contributed by atoms with Crippen molar-refractivity contribution in [2.45, 2.75) is 26.2 Å². The van der Waals surface area contributed by atoms with E-state index in [1.165, 1.54) is 5.56 Å². The molecule has 0 amide bonds. The third kappa shape index (κ3) is 5.80. The maximum absolute atomic E-state index is 5.63. The van der Waals surface area contributed by atoms with Crippen molar-refractivity contribution >= 4 is 12.2 Å². The Kier molecular flexibility index (Phi) is 7.46. The number of hydrogen-bond donors (Lipinski definition) is 0. The molecule has 0 aliphatic carbocycles.